The molecule has 0 unspecified atom stereocenters. The van der Waals surface area contributed by atoms with Crippen molar-refractivity contribution in [1.29, 1.82) is 0 Å². The van der Waals surface area contributed by atoms with E-state index >= 15 is 0 Å². The van der Waals surface area contributed by atoms with Gasteiger partial charge in [0.1, 0.15) is 5.78 Å². The van der Waals surface area contributed by atoms with E-state index in [1.54, 1.807) is 12.1 Å². The monoisotopic (exact) mass is 248 g/mol. The van der Waals surface area contributed by atoms with Crippen molar-refractivity contribution in [2.75, 3.05) is 12.0 Å². The van der Waals surface area contributed by atoms with Crippen LogP contribution >= 0.6 is 35.0 Å². The van der Waals surface area contributed by atoms with Gasteiger partial charge in [-0.05, 0) is 17.9 Å². The summed E-state index contributed by atoms with van der Waals surface area (Å²) < 4.78 is 0. The Bertz CT molecular complexity index is 339. The summed E-state index contributed by atoms with van der Waals surface area (Å²) in [6.07, 6.45) is 2.26. The molecule has 0 fully saturated rings. The highest BCUT2D eigenvalue weighted by molar-refractivity contribution is 7.99. The first-order valence-electron chi connectivity index (χ1n) is 4.08. The molecule has 1 rings (SSSR count). The molecule has 0 heterocycles. The maximum Gasteiger partial charge on any atom is 0.147 e. The van der Waals surface area contributed by atoms with Gasteiger partial charge in [0.2, 0.25) is 0 Å². The largest absolute Gasteiger partial charge is 0.298 e. The second kappa shape index (κ2) is 5.64. The zero-order valence-electron chi connectivity index (χ0n) is 7.72. The van der Waals surface area contributed by atoms with Gasteiger partial charge in [-0.25, -0.2) is 0 Å². The second-order valence-electron chi connectivity index (χ2n) is 2.86. The van der Waals surface area contributed by atoms with Crippen LogP contribution in [0.4, 0.5) is 0 Å². The molecule has 0 saturated carbocycles. The number of hydrogen-bond acceptors (Lipinski definition) is 2. The van der Waals surface area contributed by atoms with E-state index in [4.69, 9.17) is 23.2 Å². The Morgan fingerprint density at radius 3 is 2.79 bits per heavy atom. The third-order valence-electron chi connectivity index (χ3n) is 1.72. The molecule has 0 saturated heterocycles. The van der Waals surface area contributed by atoms with E-state index in [0.29, 0.717) is 22.2 Å². The lowest BCUT2D eigenvalue weighted by atomic mass is 10.1. The highest BCUT2D eigenvalue weighted by Gasteiger charge is 2.08. The SMILES string of the molecule is CSCC(=O)Cc1cccc(Cl)c1Cl. The van der Waals surface area contributed by atoms with Crippen molar-refractivity contribution in [2.45, 2.75) is 6.42 Å². The van der Waals surface area contributed by atoms with Crippen molar-refractivity contribution in [1.82, 2.24) is 0 Å². The number of Topliss-reactive ketones (excluding diaryl/α,β-unsaturated/α-hetero) is 1. The predicted octanol–water partition coefficient (Wildman–Crippen LogP) is 3.47. The highest BCUT2D eigenvalue weighted by Crippen LogP contribution is 2.25. The van der Waals surface area contributed by atoms with Gasteiger partial charge in [-0.1, -0.05) is 35.3 Å². The number of thioether (sulfide) groups is 1. The zero-order chi connectivity index (χ0) is 10.6. The molecule has 0 aliphatic carbocycles. The van der Waals surface area contributed by atoms with Gasteiger partial charge in [0.25, 0.3) is 0 Å². The maximum atomic E-state index is 11.4. The van der Waals surface area contributed by atoms with E-state index in [1.807, 2.05) is 12.3 Å². The van der Waals surface area contributed by atoms with Gasteiger partial charge in [0.05, 0.1) is 15.8 Å². The molecule has 0 aromatic heterocycles. The van der Waals surface area contributed by atoms with Gasteiger partial charge in [-0.2, -0.15) is 11.8 Å². The minimum absolute atomic E-state index is 0.168. The van der Waals surface area contributed by atoms with Gasteiger partial charge >= 0.3 is 0 Å². The number of carbonyl (C=O) groups is 1. The van der Waals surface area contributed by atoms with Crippen molar-refractivity contribution in [3.63, 3.8) is 0 Å². The molecule has 0 aliphatic heterocycles. The third kappa shape index (κ3) is 3.19. The van der Waals surface area contributed by atoms with E-state index in [0.717, 1.165) is 5.56 Å². The molecule has 1 nitrogen and oxygen atoms in total. The van der Waals surface area contributed by atoms with Crippen LogP contribution in [-0.2, 0) is 11.2 Å². The molecule has 0 amide bonds. The van der Waals surface area contributed by atoms with Gasteiger partial charge in [0, 0.05) is 6.42 Å². The normalized spacial score (nSPS) is 10.2. The van der Waals surface area contributed by atoms with Crippen LogP contribution in [0.2, 0.25) is 10.0 Å². The van der Waals surface area contributed by atoms with Crippen molar-refractivity contribution in [2.24, 2.45) is 0 Å². The van der Waals surface area contributed by atoms with E-state index < -0.39 is 0 Å². The average Bonchev–Trinajstić information content (AvgIpc) is 2.13. The molecule has 1 aromatic carbocycles. The molecule has 0 atom stereocenters. The number of ketones is 1. The van der Waals surface area contributed by atoms with Crippen molar-refractivity contribution in [3.05, 3.63) is 33.8 Å². The number of carbonyl (C=O) groups excluding carboxylic acids is 1. The summed E-state index contributed by atoms with van der Waals surface area (Å²) >= 11 is 13.3. The minimum Gasteiger partial charge on any atom is -0.298 e. The highest BCUT2D eigenvalue weighted by atomic mass is 35.5. The first-order valence-corrected chi connectivity index (χ1v) is 6.23. The van der Waals surface area contributed by atoms with Crippen LogP contribution in [0.1, 0.15) is 5.56 Å². The Labute approximate surface area is 97.8 Å². The standard InChI is InChI=1S/C10H10Cl2OS/c1-14-6-8(13)5-7-3-2-4-9(11)10(7)12/h2-4H,5-6H2,1H3. The second-order valence-corrected chi connectivity index (χ2v) is 4.51. The summed E-state index contributed by atoms with van der Waals surface area (Å²) in [4.78, 5) is 11.4. The molecule has 0 radical (unpaired) electrons. The molecule has 0 aliphatic rings. The van der Waals surface area contributed by atoms with Crippen molar-refractivity contribution < 1.29 is 4.79 Å². The first kappa shape index (κ1) is 11.9. The van der Waals surface area contributed by atoms with Gasteiger partial charge in [-0.15, -0.1) is 0 Å². The van der Waals surface area contributed by atoms with Gasteiger partial charge in [-0.3, -0.25) is 4.79 Å². The Morgan fingerprint density at radius 2 is 2.14 bits per heavy atom. The number of hydrogen-bond donors (Lipinski definition) is 0. The van der Waals surface area contributed by atoms with Crippen LogP contribution in [0.3, 0.4) is 0 Å². The molecule has 0 bridgehead atoms. The lowest BCUT2D eigenvalue weighted by Crippen LogP contribution is -2.05. The first-order chi connectivity index (χ1) is 6.65. The summed E-state index contributed by atoms with van der Waals surface area (Å²) in [7, 11) is 0. The van der Waals surface area contributed by atoms with Crippen molar-refractivity contribution in [3.8, 4) is 0 Å². The maximum absolute atomic E-state index is 11.4. The average molecular weight is 249 g/mol. The Hall–Kier alpha value is -0.180. The molecule has 0 N–H and O–H groups in total. The van der Waals surface area contributed by atoms with E-state index in [2.05, 4.69) is 0 Å². The molecule has 14 heavy (non-hydrogen) atoms. The molecule has 76 valence electrons. The van der Waals surface area contributed by atoms with Crippen LogP contribution in [0, 0.1) is 0 Å². The molecule has 1 aromatic rings. The summed E-state index contributed by atoms with van der Waals surface area (Å²) in [6, 6.07) is 5.34. The van der Waals surface area contributed by atoms with Crippen LogP contribution in [0.25, 0.3) is 0 Å². The van der Waals surface area contributed by atoms with Crippen LogP contribution in [-0.4, -0.2) is 17.8 Å². The number of benzene rings is 1. The Morgan fingerprint density at radius 1 is 1.43 bits per heavy atom. The lowest BCUT2D eigenvalue weighted by Gasteiger charge is -2.03. The molecular weight excluding hydrogens is 239 g/mol. The van der Waals surface area contributed by atoms with Crippen LogP contribution in [0.15, 0.2) is 18.2 Å². The Kier molecular flexibility index (Phi) is 4.79. The summed E-state index contributed by atoms with van der Waals surface area (Å²) in [5, 5.41) is 0.990. The zero-order valence-corrected chi connectivity index (χ0v) is 10.0. The van der Waals surface area contributed by atoms with E-state index in [9.17, 15) is 4.79 Å². The fourth-order valence-electron chi connectivity index (χ4n) is 1.11. The lowest BCUT2D eigenvalue weighted by molar-refractivity contribution is -0.115. The smallest absolute Gasteiger partial charge is 0.147 e. The topological polar surface area (TPSA) is 17.1 Å². The fourth-order valence-corrected chi connectivity index (χ4v) is 1.92. The third-order valence-corrected chi connectivity index (χ3v) is 3.19. The quantitative estimate of drug-likeness (QED) is 0.812. The van der Waals surface area contributed by atoms with E-state index in [-0.39, 0.29) is 5.78 Å². The Balaban J connectivity index is 2.76. The van der Waals surface area contributed by atoms with Crippen LogP contribution < -0.4 is 0 Å². The summed E-state index contributed by atoms with van der Waals surface area (Å²) in [6.45, 7) is 0. The van der Waals surface area contributed by atoms with Gasteiger partial charge < -0.3 is 0 Å². The summed E-state index contributed by atoms with van der Waals surface area (Å²) in [5.74, 6) is 0.685. The number of halogens is 2. The number of rotatable bonds is 4. The van der Waals surface area contributed by atoms with E-state index in [1.165, 1.54) is 11.8 Å². The minimum atomic E-state index is 0.168. The molecular formula is C10H10Cl2OS. The molecule has 4 heteroatoms. The predicted molar refractivity (Wildman–Crippen MR) is 63.6 cm³/mol. The fraction of sp³-hybridized carbons (Fsp3) is 0.300. The molecule has 0 spiro atoms. The van der Waals surface area contributed by atoms with Crippen molar-refractivity contribution >= 4 is 40.7 Å². The van der Waals surface area contributed by atoms with Crippen LogP contribution in [0.5, 0.6) is 0 Å². The summed E-state index contributed by atoms with van der Waals surface area (Å²) in [5.41, 5.74) is 0.804. The van der Waals surface area contributed by atoms with Gasteiger partial charge in [0.15, 0.2) is 0 Å².